The molecule has 96 valence electrons. The molecule has 0 aromatic heterocycles. The Labute approximate surface area is 118 Å². The van der Waals surface area contributed by atoms with E-state index < -0.39 is 0 Å². The highest BCUT2D eigenvalue weighted by Crippen LogP contribution is 2.34. The summed E-state index contributed by atoms with van der Waals surface area (Å²) in [7, 11) is 0. The highest BCUT2D eigenvalue weighted by Gasteiger charge is 2.30. The number of hydrogen-bond donors (Lipinski definition) is 0. The van der Waals surface area contributed by atoms with Crippen molar-refractivity contribution in [3.8, 4) is 6.07 Å². The van der Waals surface area contributed by atoms with Crippen LogP contribution in [0.2, 0.25) is 0 Å². The maximum absolute atomic E-state index is 9.32. The number of unbranched alkanes of at least 4 members (excludes halogenated alkanes) is 1. The van der Waals surface area contributed by atoms with Crippen molar-refractivity contribution in [3.05, 3.63) is 29.3 Å². The summed E-state index contributed by atoms with van der Waals surface area (Å²) in [5, 5.41) is 10.1. The number of anilines is 1. The first-order valence-electron chi connectivity index (χ1n) is 6.65. The summed E-state index contributed by atoms with van der Waals surface area (Å²) in [6.07, 6.45) is 4.94. The minimum Gasteiger partial charge on any atom is -0.367 e. The lowest BCUT2D eigenvalue weighted by molar-refractivity contribution is 0.712. The molecule has 0 atom stereocenters. The fourth-order valence-corrected chi connectivity index (χ4v) is 2.57. The topological polar surface area (TPSA) is 27.0 Å². The molecule has 1 fully saturated rings. The van der Waals surface area contributed by atoms with Gasteiger partial charge in [-0.2, -0.15) is 5.26 Å². The zero-order valence-corrected chi connectivity index (χ0v) is 12.4. The van der Waals surface area contributed by atoms with Crippen molar-refractivity contribution in [1.82, 2.24) is 0 Å². The van der Waals surface area contributed by atoms with Gasteiger partial charge in [-0.05, 0) is 37.0 Å². The molecule has 0 amide bonds. The number of benzene rings is 1. The van der Waals surface area contributed by atoms with E-state index in [-0.39, 0.29) is 0 Å². The summed E-state index contributed by atoms with van der Waals surface area (Å²) in [6, 6.07) is 9.25. The molecule has 0 unspecified atom stereocenters. The van der Waals surface area contributed by atoms with Crippen LogP contribution in [0, 0.1) is 11.3 Å². The van der Waals surface area contributed by atoms with Crippen LogP contribution in [-0.4, -0.2) is 12.6 Å². The normalized spacial score (nSPS) is 14.3. The number of alkyl halides is 1. The van der Waals surface area contributed by atoms with Crippen LogP contribution in [0.5, 0.6) is 0 Å². The Morgan fingerprint density at radius 1 is 1.44 bits per heavy atom. The minimum absolute atomic E-state index is 0.665. The summed E-state index contributed by atoms with van der Waals surface area (Å²) in [5.41, 5.74) is 3.11. The lowest BCUT2D eigenvalue weighted by atomic mass is 10.1. The van der Waals surface area contributed by atoms with Crippen LogP contribution in [-0.2, 0) is 5.33 Å². The third-order valence-electron chi connectivity index (χ3n) is 3.39. The summed E-state index contributed by atoms with van der Waals surface area (Å²) < 4.78 is 0. The van der Waals surface area contributed by atoms with E-state index in [4.69, 9.17) is 0 Å². The summed E-state index contributed by atoms with van der Waals surface area (Å²) in [5.74, 6) is 0. The molecular weight excluding hydrogens is 288 g/mol. The van der Waals surface area contributed by atoms with Crippen molar-refractivity contribution in [3.63, 3.8) is 0 Å². The molecular formula is C15H19BrN2. The molecule has 0 bridgehead atoms. The predicted molar refractivity (Wildman–Crippen MR) is 79.1 cm³/mol. The second kappa shape index (κ2) is 6.24. The van der Waals surface area contributed by atoms with Gasteiger partial charge in [0.05, 0.1) is 11.3 Å². The molecule has 0 radical (unpaired) electrons. The fourth-order valence-electron chi connectivity index (χ4n) is 2.22. The van der Waals surface area contributed by atoms with Gasteiger partial charge in [0.1, 0.15) is 6.07 Å². The quantitative estimate of drug-likeness (QED) is 0.736. The van der Waals surface area contributed by atoms with Crippen molar-refractivity contribution in [2.45, 2.75) is 44.0 Å². The summed E-state index contributed by atoms with van der Waals surface area (Å²) in [4.78, 5) is 2.43. The molecule has 1 aromatic rings. The van der Waals surface area contributed by atoms with Crippen LogP contribution >= 0.6 is 15.9 Å². The van der Waals surface area contributed by atoms with E-state index in [2.05, 4.69) is 46.0 Å². The summed E-state index contributed by atoms with van der Waals surface area (Å²) >= 11 is 3.44. The number of halogens is 1. The van der Waals surface area contributed by atoms with Gasteiger partial charge in [0.25, 0.3) is 0 Å². The van der Waals surface area contributed by atoms with Gasteiger partial charge in [-0.3, -0.25) is 0 Å². The number of nitriles is 1. The molecule has 3 heteroatoms. The van der Waals surface area contributed by atoms with Gasteiger partial charge in [-0.25, -0.2) is 0 Å². The van der Waals surface area contributed by atoms with E-state index in [1.807, 2.05) is 6.07 Å². The van der Waals surface area contributed by atoms with Crippen LogP contribution in [0.15, 0.2) is 18.2 Å². The lowest BCUT2D eigenvalue weighted by Crippen LogP contribution is -2.27. The lowest BCUT2D eigenvalue weighted by Gasteiger charge is -2.25. The van der Waals surface area contributed by atoms with Crippen LogP contribution in [0.25, 0.3) is 0 Å². The van der Waals surface area contributed by atoms with Crippen LogP contribution in [0.4, 0.5) is 5.69 Å². The second-order valence-electron chi connectivity index (χ2n) is 4.88. The van der Waals surface area contributed by atoms with Gasteiger partial charge in [0.15, 0.2) is 0 Å². The molecule has 1 saturated carbocycles. The Morgan fingerprint density at radius 2 is 2.22 bits per heavy atom. The van der Waals surface area contributed by atoms with E-state index in [1.54, 1.807) is 0 Å². The molecule has 0 aliphatic heterocycles. The van der Waals surface area contributed by atoms with Gasteiger partial charge >= 0.3 is 0 Å². The molecule has 18 heavy (non-hydrogen) atoms. The second-order valence-corrected chi connectivity index (χ2v) is 5.44. The van der Waals surface area contributed by atoms with E-state index in [0.717, 1.165) is 23.1 Å². The first kappa shape index (κ1) is 13.4. The van der Waals surface area contributed by atoms with Gasteiger partial charge in [-0.1, -0.05) is 35.3 Å². The number of rotatable bonds is 6. The molecule has 1 aliphatic carbocycles. The molecule has 0 saturated heterocycles. The predicted octanol–water partition coefficient (Wildman–Crippen LogP) is 4.22. The highest BCUT2D eigenvalue weighted by atomic mass is 79.9. The first-order chi connectivity index (χ1) is 8.80. The SMILES string of the molecule is CCCCN(c1ccc(CBr)cc1C#N)C1CC1. The Morgan fingerprint density at radius 3 is 2.78 bits per heavy atom. The Balaban J connectivity index is 2.26. The van der Waals surface area contributed by atoms with E-state index in [9.17, 15) is 5.26 Å². The van der Waals surface area contributed by atoms with E-state index in [1.165, 1.54) is 31.2 Å². The summed E-state index contributed by atoms with van der Waals surface area (Å²) in [6.45, 7) is 3.29. The smallest absolute Gasteiger partial charge is 0.101 e. The van der Waals surface area contributed by atoms with Crippen LogP contribution in [0.3, 0.4) is 0 Å². The van der Waals surface area contributed by atoms with Gasteiger partial charge in [0.2, 0.25) is 0 Å². The molecule has 1 aromatic carbocycles. The van der Waals surface area contributed by atoms with Gasteiger partial charge < -0.3 is 4.90 Å². The van der Waals surface area contributed by atoms with Crippen molar-refractivity contribution >= 4 is 21.6 Å². The Bertz CT molecular complexity index is 446. The Kier molecular flexibility index (Phi) is 4.66. The number of nitrogens with zero attached hydrogens (tertiary/aromatic N) is 2. The largest absolute Gasteiger partial charge is 0.367 e. The average Bonchev–Trinajstić information content (AvgIpc) is 3.24. The Hall–Kier alpha value is -1.01. The molecule has 0 spiro atoms. The van der Waals surface area contributed by atoms with Crippen molar-refractivity contribution < 1.29 is 0 Å². The van der Waals surface area contributed by atoms with Gasteiger partial charge in [-0.15, -0.1) is 0 Å². The number of hydrogen-bond acceptors (Lipinski definition) is 2. The standard InChI is InChI=1S/C15H19BrN2/c1-2-3-8-18(14-5-6-14)15-7-4-12(10-16)9-13(15)11-17/h4,7,9,14H,2-3,5-6,8,10H2,1H3. The van der Waals surface area contributed by atoms with Crippen LogP contribution in [0.1, 0.15) is 43.7 Å². The minimum atomic E-state index is 0.665. The fraction of sp³-hybridized carbons (Fsp3) is 0.533. The van der Waals surface area contributed by atoms with Crippen LogP contribution < -0.4 is 4.90 Å². The van der Waals surface area contributed by atoms with Crippen molar-refractivity contribution in [2.75, 3.05) is 11.4 Å². The first-order valence-corrected chi connectivity index (χ1v) is 7.78. The monoisotopic (exact) mass is 306 g/mol. The zero-order valence-electron chi connectivity index (χ0n) is 10.8. The maximum Gasteiger partial charge on any atom is 0.101 e. The maximum atomic E-state index is 9.32. The van der Waals surface area contributed by atoms with Crippen molar-refractivity contribution in [1.29, 1.82) is 5.26 Å². The molecule has 2 nitrogen and oxygen atoms in total. The zero-order chi connectivity index (χ0) is 13.0. The molecule has 1 aliphatic rings. The molecule has 2 rings (SSSR count). The average molecular weight is 307 g/mol. The third-order valence-corrected chi connectivity index (χ3v) is 4.03. The third kappa shape index (κ3) is 3.05. The van der Waals surface area contributed by atoms with E-state index >= 15 is 0 Å². The highest BCUT2D eigenvalue weighted by molar-refractivity contribution is 9.08. The molecule has 0 N–H and O–H groups in total. The van der Waals surface area contributed by atoms with Gasteiger partial charge in [0, 0.05) is 17.9 Å². The van der Waals surface area contributed by atoms with Crippen molar-refractivity contribution in [2.24, 2.45) is 0 Å². The van der Waals surface area contributed by atoms with E-state index in [0.29, 0.717) is 6.04 Å². The molecule has 0 heterocycles.